The summed E-state index contributed by atoms with van der Waals surface area (Å²) in [5, 5.41) is 50.8. The highest BCUT2D eigenvalue weighted by Crippen LogP contribution is 2.48. The Morgan fingerprint density at radius 3 is 1.75 bits per heavy atom. The summed E-state index contributed by atoms with van der Waals surface area (Å²) < 4.78 is 40.9. The number of hydrogen-bond donors (Lipinski definition) is 5. The van der Waals surface area contributed by atoms with E-state index in [-0.39, 0.29) is 58.3 Å². The van der Waals surface area contributed by atoms with Crippen molar-refractivity contribution in [1.29, 1.82) is 0 Å². The third-order valence-corrected chi connectivity index (χ3v) is 14.1. The lowest BCUT2D eigenvalue weighted by Crippen LogP contribution is -2.53. The number of carbonyl (C=O) groups is 2. The maximum Gasteiger partial charge on any atom is 0.331 e. The molecular weight excluding hydrogens is 889 g/mol. The second-order valence-electron chi connectivity index (χ2n) is 18.2. The minimum absolute atomic E-state index is 0.104. The SMILES string of the molecule is COc1cc2c(cc1OC)C(c1cc(CO)c(OC)c(OC)c1)[N+](C)(CCCOC(=O)C=CC(=O)OCCC[N+]1(C)CCc3cc(CO)c(CO)c(OC)c3C1Cc1ccc(CO)c(CO)c1)CC2. The second kappa shape index (κ2) is 23.7. The quantitative estimate of drug-likeness (QED) is 0.0297. The molecule has 0 aromatic heterocycles. The molecule has 16 nitrogen and oxygen atoms in total. The van der Waals surface area contributed by atoms with Gasteiger partial charge in [-0.1, -0.05) is 24.3 Å². The second-order valence-corrected chi connectivity index (χ2v) is 18.2. The topological polar surface area (TPSA) is 200 Å². The van der Waals surface area contributed by atoms with Gasteiger partial charge < -0.3 is 67.7 Å². The average molecular weight is 959 g/mol. The predicted molar refractivity (Wildman–Crippen MR) is 256 cm³/mol. The van der Waals surface area contributed by atoms with Crippen LogP contribution in [0.3, 0.4) is 0 Å². The van der Waals surface area contributed by atoms with Gasteiger partial charge in [-0.25, -0.2) is 9.59 Å². The fraction of sp³-hybridized carbons (Fsp3) is 0.472. The molecule has 2 aliphatic heterocycles. The summed E-state index contributed by atoms with van der Waals surface area (Å²) >= 11 is 0. The number of hydrogen-bond acceptors (Lipinski definition) is 14. The van der Waals surface area contributed by atoms with E-state index in [1.54, 1.807) is 35.5 Å². The van der Waals surface area contributed by atoms with Crippen LogP contribution in [0.1, 0.15) is 86.1 Å². The number of rotatable bonds is 23. The first-order valence-corrected chi connectivity index (χ1v) is 23.4. The zero-order valence-electron chi connectivity index (χ0n) is 41.0. The zero-order chi connectivity index (χ0) is 49.9. The van der Waals surface area contributed by atoms with Crippen molar-refractivity contribution in [3.63, 3.8) is 0 Å². The molecule has 4 atom stereocenters. The Morgan fingerprint density at radius 2 is 1.17 bits per heavy atom. The van der Waals surface area contributed by atoms with Gasteiger partial charge in [-0.2, -0.15) is 0 Å². The largest absolute Gasteiger partial charge is 0.496 e. The molecule has 0 aliphatic carbocycles. The van der Waals surface area contributed by atoms with Gasteiger partial charge in [0.25, 0.3) is 0 Å². The van der Waals surface area contributed by atoms with Crippen molar-refractivity contribution in [3.8, 4) is 28.7 Å². The molecule has 0 amide bonds. The van der Waals surface area contributed by atoms with Gasteiger partial charge in [-0.3, -0.25) is 0 Å². The van der Waals surface area contributed by atoms with Crippen LogP contribution in [0.5, 0.6) is 28.7 Å². The van der Waals surface area contributed by atoms with E-state index >= 15 is 0 Å². The normalized spacial score (nSPS) is 19.7. The van der Waals surface area contributed by atoms with E-state index in [2.05, 4.69) is 14.1 Å². The third kappa shape index (κ3) is 11.5. The van der Waals surface area contributed by atoms with Gasteiger partial charge in [0.2, 0.25) is 0 Å². The molecule has 0 spiro atoms. The molecule has 0 fully saturated rings. The minimum Gasteiger partial charge on any atom is -0.496 e. The molecule has 0 bridgehead atoms. The first-order chi connectivity index (χ1) is 33.3. The van der Waals surface area contributed by atoms with Crippen LogP contribution in [0.4, 0.5) is 0 Å². The lowest BCUT2D eigenvalue weighted by atomic mass is 9.82. The summed E-state index contributed by atoms with van der Waals surface area (Å²) in [6.07, 6.45) is 5.19. The molecule has 5 N–H and O–H groups in total. The van der Waals surface area contributed by atoms with Crippen LogP contribution in [0.2, 0.25) is 0 Å². The molecule has 0 radical (unpaired) electrons. The Morgan fingerprint density at radius 1 is 0.594 bits per heavy atom. The molecule has 0 saturated carbocycles. The van der Waals surface area contributed by atoms with Gasteiger partial charge in [0, 0.05) is 66.5 Å². The Kier molecular flexibility index (Phi) is 18.1. The zero-order valence-corrected chi connectivity index (χ0v) is 41.0. The number of benzene rings is 4. The lowest BCUT2D eigenvalue weighted by molar-refractivity contribution is -0.941. The first kappa shape index (κ1) is 52.6. The van der Waals surface area contributed by atoms with Crippen LogP contribution in [0.25, 0.3) is 0 Å². The van der Waals surface area contributed by atoms with Crippen molar-refractivity contribution >= 4 is 11.9 Å². The number of quaternary nitrogens is 2. The van der Waals surface area contributed by atoms with Crippen molar-refractivity contribution < 1.29 is 77.2 Å². The van der Waals surface area contributed by atoms with Crippen molar-refractivity contribution in [2.45, 2.75) is 77.2 Å². The number of esters is 2. The summed E-state index contributed by atoms with van der Waals surface area (Å²) in [6.45, 7) is 1.76. The van der Waals surface area contributed by atoms with E-state index in [1.807, 2.05) is 48.5 Å². The van der Waals surface area contributed by atoms with E-state index in [4.69, 9.17) is 33.2 Å². The number of carbonyl (C=O) groups excluding carboxylic acids is 2. The molecular formula is C53H70N2O14+2. The number of methoxy groups -OCH3 is 5. The summed E-state index contributed by atoms with van der Waals surface area (Å²) in [5.41, 5.74) is 9.03. The van der Waals surface area contributed by atoms with Gasteiger partial charge in [0.05, 0.1) is 128 Å². The fourth-order valence-electron chi connectivity index (χ4n) is 10.5. The molecule has 69 heavy (non-hydrogen) atoms. The molecule has 4 aromatic carbocycles. The standard InChI is InChI=1S/C53H70N2O14/c1-54(18-15-36-24-40(31-58)43(33-60)53(67-7)50(36)44(54)23-34-10-11-37(29-56)39(22-34)30-57)16-8-20-68-48(61)12-13-49(62)69-21-9-17-55(2)19-14-35-26-45(63-3)46(64-4)28-42(35)51(55)38-25-41(32-59)52(66-6)47(27-38)65-5/h10-13,22,24-28,44,51,56-60H,8-9,14-21,23,29-33H2,1-7H3/q+2. The number of aliphatic hydroxyl groups excluding tert-OH is 5. The lowest BCUT2D eigenvalue weighted by Gasteiger charge is -2.46. The Bertz CT molecular complexity index is 2450. The van der Waals surface area contributed by atoms with E-state index in [0.29, 0.717) is 104 Å². The van der Waals surface area contributed by atoms with Gasteiger partial charge in [-0.05, 0) is 57.6 Å². The highest BCUT2D eigenvalue weighted by atomic mass is 16.5. The van der Waals surface area contributed by atoms with E-state index in [9.17, 15) is 35.1 Å². The maximum atomic E-state index is 12.9. The van der Waals surface area contributed by atoms with Crippen LogP contribution in [0.15, 0.2) is 60.7 Å². The number of aliphatic hydroxyl groups is 5. The molecule has 16 heteroatoms. The number of nitrogens with zero attached hydrogens (tertiary/aromatic N) is 2. The smallest absolute Gasteiger partial charge is 0.331 e. The van der Waals surface area contributed by atoms with Crippen LogP contribution in [0, 0.1) is 0 Å². The third-order valence-electron chi connectivity index (χ3n) is 14.1. The monoisotopic (exact) mass is 958 g/mol. The van der Waals surface area contributed by atoms with E-state index < -0.39 is 11.9 Å². The first-order valence-electron chi connectivity index (χ1n) is 23.4. The highest BCUT2D eigenvalue weighted by molar-refractivity contribution is 5.91. The molecule has 2 aliphatic rings. The van der Waals surface area contributed by atoms with Gasteiger partial charge in [0.1, 0.15) is 17.8 Å². The minimum atomic E-state index is -0.668. The van der Waals surface area contributed by atoms with Crippen LogP contribution >= 0.6 is 0 Å². The van der Waals surface area contributed by atoms with Gasteiger partial charge >= 0.3 is 11.9 Å². The van der Waals surface area contributed by atoms with Gasteiger partial charge in [-0.15, -0.1) is 0 Å². The number of ether oxygens (including phenoxy) is 7. The highest BCUT2D eigenvalue weighted by Gasteiger charge is 2.43. The fourth-order valence-corrected chi connectivity index (χ4v) is 10.5. The molecule has 374 valence electrons. The summed E-state index contributed by atoms with van der Waals surface area (Å²) in [4.78, 5) is 25.7. The number of fused-ring (bicyclic) bond motifs is 2. The molecule has 0 saturated heterocycles. The van der Waals surface area contributed by atoms with Crippen LogP contribution < -0.4 is 23.7 Å². The summed E-state index contributed by atoms with van der Waals surface area (Å²) in [7, 11) is 12.2. The maximum absolute atomic E-state index is 12.9. The molecule has 6 rings (SSSR count). The summed E-state index contributed by atoms with van der Waals surface area (Å²) in [6, 6.07) is 15.1. The summed E-state index contributed by atoms with van der Waals surface area (Å²) in [5.74, 6) is 1.42. The Hall–Kier alpha value is -5.72. The number of likely N-dealkylation sites (N-methyl/N-ethyl adjacent to an activating group) is 2. The van der Waals surface area contributed by atoms with Crippen molar-refractivity contribution in [1.82, 2.24) is 0 Å². The van der Waals surface area contributed by atoms with Crippen LogP contribution in [-0.2, 0) is 71.4 Å². The van der Waals surface area contributed by atoms with Crippen LogP contribution in [-0.4, -0.2) is 135 Å². The Balaban J connectivity index is 1.09. The molecule has 4 aromatic rings. The van der Waals surface area contributed by atoms with Crippen molar-refractivity contribution in [2.75, 3.05) is 89.0 Å². The molecule has 2 heterocycles. The van der Waals surface area contributed by atoms with E-state index in [1.165, 1.54) is 0 Å². The van der Waals surface area contributed by atoms with Gasteiger partial charge in [0.15, 0.2) is 23.0 Å². The van der Waals surface area contributed by atoms with Crippen molar-refractivity contribution in [2.24, 2.45) is 0 Å². The Labute approximate surface area is 405 Å². The van der Waals surface area contributed by atoms with E-state index in [0.717, 1.165) is 65.0 Å². The predicted octanol–water partition coefficient (Wildman–Crippen LogP) is 4.69. The average Bonchev–Trinajstić information content (AvgIpc) is 3.37. The molecule has 4 unspecified atom stereocenters. The van der Waals surface area contributed by atoms with Crippen molar-refractivity contribution in [3.05, 3.63) is 122 Å².